The van der Waals surface area contributed by atoms with Crippen molar-refractivity contribution >= 4 is 35.2 Å². The molecule has 154 valence electrons. The predicted molar refractivity (Wildman–Crippen MR) is 112 cm³/mol. The van der Waals surface area contributed by atoms with Gasteiger partial charge in [-0.2, -0.15) is 0 Å². The Morgan fingerprint density at radius 1 is 1.03 bits per heavy atom. The molecule has 1 aromatic heterocycles. The molecule has 9 nitrogen and oxygen atoms in total. The third kappa shape index (κ3) is 5.39. The quantitative estimate of drug-likeness (QED) is 0.353. The lowest BCUT2D eigenvalue weighted by molar-refractivity contribution is -0.113. The van der Waals surface area contributed by atoms with Crippen LogP contribution in [-0.4, -0.2) is 38.1 Å². The van der Waals surface area contributed by atoms with Crippen molar-refractivity contribution in [3.63, 3.8) is 0 Å². The van der Waals surface area contributed by atoms with E-state index in [-0.39, 0.29) is 28.5 Å². The number of imidazole rings is 1. The number of aryl methyl sites for hydroxylation is 1. The summed E-state index contributed by atoms with van der Waals surface area (Å²) in [4.78, 5) is 40.4. The molecular formula is C20H19N5O4S. The molecule has 0 aliphatic rings. The molecule has 0 unspecified atom stereocenters. The lowest BCUT2D eigenvalue weighted by Gasteiger charge is -2.09. The zero-order chi connectivity index (χ0) is 21.5. The maximum atomic E-state index is 12.2. The van der Waals surface area contributed by atoms with E-state index in [4.69, 9.17) is 0 Å². The number of phenolic OH excluding ortho intramolecular Hbond substituents is 1. The summed E-state index contributed by atoms with van der Waals surface area (Å²) in [5, 5.41) is 13.1. The van der Waals surface area contributed by atoms with E-state index in [0.717, 1.165) is 5.16 Å². The van der Waals surface area contributed by atoms with Gasteiger partial charge in [-0.05, 0) is 36.4 Å². The summed E-state index contributed by atoms with van der Waals surface area (Å²) in [5.41, 5.74) is 5.38. The first kappa shape index (κ1) is 20.9. The zero-order valence-electron chi connectivity index (χ0n) is 16.0. The normalized spacial score (nSPS) is 10.3. The maximum absolute atomic E-state index is 12.2. The van der Waals surface area contributed by atoms with Gasteiger partial charge in [-0.15, -0.1) is 0 Å². The number of aromatic nitrogens is 2. The van der Waals surface area contributed by atoms with Gasteiger partial charge in [-0.1, -0.05) is 23.9 Å². The minimum atomic E-state index is -0.643. The second kappa shape index (κ2) is 9.61. The fourth-order valence-corrected chi connectivity index (χ4v) is 3.17. The number of phenols is 1. The van der Waals surface area contributed by atoms with E-state index in [2.05, 4.69) is 21.2 Å². The number of hydrazine groups is 1. The number of carbonyl (C=O) groups is 3. The Labute approximate surface area is 176 Å². The van der Waals surface area contributed by atoms with Crippen molar-refractivity contribution in [1.29, 1.82) is 0 Å². The SMILES string of the molecule is Cn1ccnc1SCC(=O)Nc1ccc(C(=O)NNC(=O)c2ccccc2O)cc1. The number of nitrogens with one attached hydrogen (secondary N) is 3. The molecule has 0 saturated carbocycles. The number of thioether (sulfide) groups is 1. The highest BCUT2D eigenvalue weighted by molar-refractivity contribution is 7.99. The molecule has 0 fully saturated rings. The molecule has 0 aliphatic carbocycles. The summed E-state index contributed by atoms with van der Waals surface area (Å²) in [7, 11) is 1.85. The molecule has 30 heavy (non-hydrogen) atoms. The van der Waals surface area contributed by atoms with E-state index in [1.807, 2.05) is 11.6 Å². The fourth-order valence-electron chi connectivity index (χ4n) is 2.44. The van der Waals surface area contributed by atoms with Gasteiger partial charge in [-0.25, -0.2) is 4.98 Å². The van der Waals surface area contributed by atoms with E-state index in [1.165, 1.54) is 36.0 Å². The Balaban J connectivity index is 1.49. The van der Waals surface area contributed by atoms with Crippen LogP contribution in [0.2, 0.25) is 0 Å². The molecule has 1 heterocycles. The minimum Gasteiger partial charge on any atom is -0.507 e. The van der Waals surface area contributed by atoms with Crippen molar-refractivity contribution in [3.8, 4) is 5.75 Å². The highest BCUT2D eigenvalue weighted by atomic mass is 32.2. The molecular weight excluding hydrogens is 406 g/mol. The van der Waals surface area contributed by atoms with Gasteiger partial charge < -0.3 is 15.0 Å². The average molecular weight is 425 g/mol. The van der Waals surface area contributed by atoms with Crippen LogP contribution < -0.4 is 16.2 Å². The van der Waals surface area contributed by atoms with Crippen molar-refractivity contribution in [3.05, 3.63) is 72.1 Å². The van der Waals surface area contributed by atoms with Gasteiger partial charge in [-0.3, -0.25) is 25.2 Å². The second-order valence-electron chi connectivity index (χ2n) is 6.16. The molecule has 2 aromatic carbocycles. The minimum absolute atomic E-state index is 0.0410. The van der Waals surface area contributed by atoms with E-state index in [1.54, 1.807) is 36.7 Å². The van der Waals surface area contributed by atoms with Crippen LogP contribution in [0.4, 0.5) is 5.69 Å². The Kier molecular flexibility index (Phi) is 6.71. The maximum Gasteiger partial charge on any atom is 0.273 e. The van der Waals surface area contributed by atoms with Crippen LogP contribution in [0.5, 0.6) is 5.75 Å². The topological polar surface area (TPSA) is 125 Å². The van der Waals surface area contributed by atoms with Gasteiger partial charge in [0.2, 0.25) is 5.91 Å². The van der Waals surface area contributed by atoms with Crippen molar-refractivity contribution in [2.45, 2.75) is 5.16 Å². The summed E-state index contributed by atoms with van der Waals surface area (Å²) in [6.07, 6.45) is 3.46. The number of benzene rings is 2. The number of hydrogen-bond donors (Lipinski definition) is 4. The Hall–Kier alpha value is -3.79. The summed E-state index contributed by atoms with van der Waals surface area (Å²) in [6.45, 7) is 0. The molecule has 10 heteroatoms. The zero-order valence-corrected chi connectivity index (χ0v) is 16.8. The smallest absolute Gasteiger partial charge is 0.273 e. The van der Waals surface area contributed by atoms with E-state index in [9.17, 15) is 19.5 Å². The molecule has 0 spiro atoms. The summed E-state index contributed by atoms with van der Waals surface area (Å²) in [5.74, 6) is -1.37. The molecule has 0 radical (unpaired) electrons. The van der Waals surface area contributed by atoms with E-state index >= 15 is 0 Å². The second-order valence-corrected chi connectivity index (χ2v) is 7.10. The van der Waals surface area contributed by atoms with E-state index in [0.29, 0.717) is 5.69 Å². The standard InChI is InChI=1S/C20H19N5O4S/c1-25-11-10-21-20(25)30-12-17(27)22-14-8-6-13(7-9-14)18(28)23-24-19(29)15-4-2-3-5-16(15)26/h2-11,26H,12H2,1H3,(H,22,27)(H,23,28)(H,24,29). The van der Waals surface area contributed by atoms with Crippen LogP contribution in [0, 0.1) is 0 Å². The number of hydrogen-bond acceptors (Lipinski definition) is 6. The molecule has 3 rings (SSSR count). The third-order valence-corrected chi connectivity index (χ3v) is 5.04. The third-order valence-electron chi connectivity index (χ3n) is 3.98. The van der Waals surface area contributed by atoms with Crippen LogP contribution in [0.25, 0.3) is 0 Å². The predicted octanol–water partition coefficient (Wildman–Crippen LogP) is 1.93. The van der Waals surface area contributed by atoms with Crippen LogP contribution in [0.15, 0.2) is 66.1 Å². The molecule has 3 amide bonds. The molecule has 0 aliphatic heterocycles. The molecule has 0 saturated heterocycles. The van der Waals surface area contributed by atoms with Gasteiger partial charge in [0.05, 0.1) is 11.3 Å². The molecule has 0 atom stereocenters. The van der Waals surface area contributed by atoms with Gasteiger partial charge >= 0.3 is 0 Å². The largest absolute Gasteiger partial charge is 0.507 e. The van der Waals surface area contributed by atoms with E-state index < -0.39 is 11.8 Å². The number of amides is 3. The molecule has 4 N–H and O–H groups in total. The fraction of sp³-hybridized carbons (Fsp3) is 0.100. The lowest BCUT2D eigenvalue weighted by Crippen LogP contribution is -2.41. The highest BCUT2D eigenvalue weighted by Gasteiger charge is 2.12. The van der Waals surface area contributed by atoms with Crippen LogP contribution in [0.1, 0.15) is 20.7 Å². The summed E-state index contributed by atoms with van der Waals surface area (Å²) >= 11 is 1.32. The number of carbonyl (C=O) groups excluding carboxylic acids is 3. The van der Waals surface area contributed by atoms with Crippen molar-refractivity contribution in [1.82, 2.24) is 20.4 Å². The van der Waals surface area contributed by atoms with Crippen molar-refractivity contribution in [2.75, 3.05) is 11.1 Å². The lowest BCUT2D eigenvalue weighted by atomic mass is 10.2. The molecule has 0 bridgehead atoms. The van der Waals surface area contributed by atoms with Crippen molar-refractivity contribution in [2.24, 2.45) is 7.05 Å². The summed E-state index contributed by atoms with van der Waals surface area (Å²) in [6, 6.07) is 12.2. The number of para-hydroxylation sites is 1. The Morgan fingerprint density at radius 3 is 2.40 bits per heavy atom. The molecule has 3 aromatic rings. The Bertz CT molecular complexity index is 1070. The number of nitrogens with zero attached hydrogens (tertiary/aromatic N) is 2. The first-order chi connectivity index (χ1) is 14.4. The first-order valence-electron chi connectivity index (χ1n) is 8.83. The van der Waals surface area contributed by atoms with Crippen molar-refractivity contribution < 1.29 is 19.5 Å². The highest BCUT2D eigenvalue weighted by Crippen LogP contribution is 2.16. The van der Waals surface area contributed by atoms with Gasteiger partial charge in [0.25, 0.3) is 11.8 Å². The Morgan fingerprint density at radius 2 is 1.73 bits per heavy atom. The monoisotopic (exact) mass is 425 g/mol. The first-order valence-corrected chi connectivity index (χ1v) is 9.81. The number of anilines is 1. The average Bonchev–Trinajstić information content (AvgIpc) is 3.16. The van der Waals surface area contributed by atoms with Gasteiger partial charge in [0.1, 0.15) is 5.75 Å². The van der Waals surface area contributed by atoms with Gasteiger partial charge in [0.15, 0.2) is 5.16 Å². The van der Waals surface area contributed by atoms with Crippen LogP contribution in [-0.2, 0) is 11.8 Å². The van der Waals surface area contributed by atoms with Crippen LogP contribution >= 0.6 is 11.8 Å². The number of rotatable bonds is 6. The van der Waals surface area contributed by atoms with Gasteiger partial charge in [0, 0.05) is 30.7 Å². The van der Waals surface area contributed by atoms with Crippen LogP contribution in [0.3, 0.4) is 0 Å². The number of aromatic hydroxyl groups is 1. The summed E-state index contributed by atoms with van der Waals surface area (Å²) < 4.78 is 1.82.